The van der Waals surface area contributed by atoms with Crippen LogP contribution in [-0.2, 0) is 18.2 Å². The normalized spacial score (nSPS) is 17.5. The molecule has 1 unspecified atom stereocenters. The Balaban J connectivity index is 1.74. The summed E-state index contributed by atoms with van der Waals surface area (Å²) in [5.74, 6) is 1.16. The molecule has 0 fully saturated rings. The summed E-state index contributed by atoms with van der Waals surface area (Å²) >= 11 is 6.44. The second-order valence-corrected chi connectivity index (χ2v) is 8.03. The van der Waals surface area contributed by atoms with Gasteiger partial charge in [-0.15, -0.1) is 0 Å². The molecule has 0 radical (unpaired) electrons. The predicted octanol–water partition coefficient (Wildman–Crippen LogP) is 4.53. The number of aryl methyl sites for hydroxylation is 1. The number of halogens is 1. The predicted molar refractivity (Wildman–Crippen MR) is 123 cm³/mol. The van der Waals surface area contributed by atoms with Crippen LogP contribution in [0.5, 0.6) is 5.75 Å². The van der Waals surface area contributed by atoms with E-state index >= 15 is 0 Å². The van der Waals surface area contributed by atoms with Crippen molar-refractivity contribution in [2.45, 2.75) is 32.4 Å². The number of anilines is 1. The number of nitrogens with one attached hydrogen (secondary N) is 1. The third-order valence-corrected chi connectivity index (χ3v) is 6.07. The summed E-state index contributed by atoms with van der Waals surface area (Å²) in [7, 11) is 3.29. The maximum absolute atomic E-state index is 13.3. The highest BCUT2D eigenvalue weighted by Gasteiger charge is 2.34. The molecular formula is C24H26ClN3O3. The third kappa shape index (κ3) is 3.93. The van der Waals surface area contributed by atoms with E-state index in [0.29, 0.717) is 40.1 Å². The van der Waals surface area contributed by atoms with Crippen LogP contribution < -0.4 is 15.6 Å². The molecule has 1 aromatic heterocycles. The highest BCUT2D eigenvalue weighted by atomic mass is 35.5. The van der Waals surface area contributed by atoms with Gasteiger partial charge in [-0.2, -0.15) is 0 Å². The number of nitrogens with zero attached hydrogens (tertiary/aromatic N) is 2. The van der Waals surface area contributed by atoms with Crippen molar-refractivity contribution < 1.29 is 9.47 Å². The zero-order chi connectivity index (χ0) is 22.1. The summed E-state index contributed by atoms with van der Waals surface area (Å²) in [6.07, 6.45) is 0.774. The average molecular weight is 440 g/mol. The van der Waals surface area contributed by atoms with Gasteiger partial charge in [0.15, 0.2) is 0 Å². The van der Waals surface area contributed by atoms with Gasteiger partial charge >= 0.3 is 0 Å². The first-order valence-corrected chi connectivity index (χ1v) is 10.7. The molecule has 6 nitrogen and oxygen atoms in total. The molecule has 31 heavy (non-hydrogen) atoms. The van der Waals surface area contributed by atoms with Crippen molar-refractivity contribution in [1.29, 1.82) is 0 Å². The SMILES string of the molecule is CCO[C@H]1Cc2ccccc2C1Nc1c(C)nc(-c2ccc(OC)cc2Cl)n(C)c1=O. The highest BCUT2D eigenvalue weighted by molar-refractivity contribution is 6.33. The van der Waals surface area contributed by atoms with E-state index in [4.69, 9.17) is 26.1 Å². The number of hydrogen-bond acceptors (Lipinski definition) is 5. The molecule has 0 saturated carbocycles. The molecule has 1 aliphatic rings. The van der Waals surface area contributed by atoms with Crippen molar-refractivity contribution in [3.8, 4) is 17.1 Å². The average Bonchev–Trinajstić information content (AvgIpc) is 3.11. The Hall–Kier alpha value is -2.83. The first kappa shape index (κ1) is 21.4. The standard InChI is InChI=1S/C24H26ClN3O3/c1-5-31-20-12-15-8-6-7-9-17(15)22(20)27-21-14(2)26-23(28(3)24(21)29)18-11-10-16(30-4)13-19(18)25/h6-11,13,20,22,27H,5,12H2,1-4H3/t20-,22?/m0/s1. The molecule has 0 amide bonds. The van der Waals surface area contributed by atoms with Crippen LogP contribution in [0.25, 0.3) is 11.4 Å². The lowest BCUT2D eigenvalue weighted by Gasteiger charge is -2.24. The van der Waals surface area contributed by atoms with E-state index in [-0.39, 0.29) is 17.7 Å². The molecule has 4 rings (SSSR count). The van der Waals surface area contributed by atoms with Crippen LogP contribution in [0.3, 0.4) is 0 Å². The van der Waals surface area contributed by atoms with Crippen LogP contribution in [0.1, 0.15) is 29.8 Å². The smallest absolute Gasteiger partial charge is 0.277 e. The molecule has 0 saturated heterocycles. The van der Waals surface area contributed by atoms with Crippen LogP contribution in [0, 0.1) is 6.92 Å². The summed E-state index contributed by atoms with van der Waals surface area (Å²) in [5, 5.41) is 3.92. The van der Waals surface area contributed by atoms with Gasteiger partial charge in [0.2, 0.25) is 0 Å². The van der Waals surface area contributed by atoms with Gasteiger partial charge in [0.25, 0.3) is 5.56 Å². The minimum absolute atomic E-state index is 0.0396. The highest BCUT2D eigenvalue weighted by Crippen LogP contribution is 2.36. The minimum Gasteiger partial charge on any atom is -0.497 e. The molecule has 3 aromatic rings. The molecule has 0 spiro atoms. The van der Waals surface area contributed by atoms with Gasteiger partial charge < -0.3 is 14.8 Å². The summed E-state index contributed by atoms with van der Waals surface area (Å²) in [6.45, 7) is 4.43. The first-order chi connectivity index (χ1) is 14.9. The second kappa shape index (κ2) is 8.73. The van der Waals surface area contributed by atoms with Gasteiger partial charge in [0.1, 0.15) is 17.3 Å². The largest absolute Gasteiger partial charge is 0.497 e. The van der Waals surface area contributed by atoms with Gasteiger partial charge in [-0.05, 0) is 43.2 Å². The number of rotatable bonds is 6. The molecule has 0 aliphatic heterocycles. The molecule has 1 aliphatic carbocycles. The van der Waals surface area contributed by atoms with Crippen molar-refractivity contribution in [3.63, 3.8) is 0 Å². The molecular weight excluding hydrogens is 414 g/mol. The Morgan fingerprint density at radius 3 is 2.74 bits per heavy atom. The van der Waals surface area contributed by atoms with E-state index in [0.717, 1.165) is 12.0 Å². The van der Waals surface area contributed by atoms with E-state index in [1.165, 1.54) is 10.1 Å². The van der Waals surface area contributed by atoms with Gasteiger partial charge in [-0.3, -0.25) is 9.36 Å². The minimum atomic E-state index is -0.158. The summed E-state index contributed by atoms with van der Waals surface area (Å²) in [5.41, 5.74) is 4.00. The lowest BCUT2D eigenvalue weighted by molar-refractivity contribution is 0.0574. The van der Waals surface area contributed by atoms with Gasteiger partial charge in [-0.1, -0.05) is 35.9 Å². The maximum atomic E-state index is 13.3. The lowest BCUT2D eigenvalue weighted by atomic mass is 10.1. The zero-order valence-electron chi connectivity index (χ0n) is 18.1. The van der Waals surface area contributed by atoms with Crippen LogP contribution in [0.4, 0.5) is 5.69 Å². The van der Waals surface area contributed by atoms with E-state index in [9.17, 15) is 4.79 Å². The van der Waals surface area contributed by atoms with Crippen molar-refractivity contribution in [2.75, 3.05) is 19.0 Å². The Morgan fingerprint density at radius 2 is 2.03 bits per heavy atom. The molecule has 0 bridgehead atoms. The Bertz CT molecular complexity index is 1180. The van der Waals surface area contributed by atoms with Crippen LogP contribution in [-0.4, -0.2) is 29.4 Å². The second-order valence-electron chi connectivity index (χ2n) is 7.62. The fourth-order valence-corrected chi connectivity index (χ4v) is 4.43. The van der Waals surface area contributed by atoms with Crippen molar-refractivity contribution in [2.24, 2.45) is 7.05 Å². The molecule has 2 aromatic carbocycles. The van der Waals surface area contributed by atoms with Gasteiger partial charge in [-0.25, -0.2) is 4.98 Å². The van der Waals surface area contributed by atoms with E-state index in [1.54, 1.807) is 26.3 Å². The topological polar surface area (TPSA) is 65.4 Å². The first-order valence-electron chi connectivity index (χ1n) is 10.3. The number of hydrogen-bond donors (Lipinski definition) is 1. The van der Waals surface area contributed by atoms with Crippen LogP contribution >= 0.6 is 11.6 Å². The fraction of sp³-hybridized carbons (Fsp3) is 0.333. The Morgan fingerprint density at radius 1 is 1.26 bits per heavy atom. The quantitative estimate of drug-likeness (QED) is 0.611. The van der Waals surface area contributed by atoms with Gasteiger partial charge in [0.05, 0.1) is 30.0 Å². The van der Waals surface area contributed by atoms with Crippen molar-refractivity contribution >= 4 is 17.3 Å². The number of methoxy groups -OCH3 is 1. The number of fused-ring (bicyclic) bond motifs is 1. The monoisotopic (exact) mass is 439 g/mol. The molecule has 162 valence electrons. The molecule has 1 heterocycles. The number of aromatic nitrogens is 2. The molecule has 7 heteroatoms. The summed E-state index contributed by atoms with van der Waals surface area (Å²) < 4.78 is 12.7. The van der Waals surface area contributed by atoms with Crippen LogP contribution in [0.15, 0.2) is 47.3 Å². The Kier molecular flexibility index (Phi) is 6.03. The number of benzene rings is 2. The van der Waals surface area contributed by atoms with E-state index in [2.05, 4.69) is 17.4 Å². The third-order valence-electron chi connectivity index (χ3n) is 5.75. The van der Waals surface area contributed by atoms with Crippen molar-refractivity contribution in [1.82, 2.24) is 9.55 Å². The Labute approximate surface area is 186 Å². The zero-order valence-corrected chi connectivity index (χ0v) is 18.9. The lowest BCUT2D eigenvalue weighted by Crippen LogP contribution is -2.31. The maximum Gasteiger partial charge on any atom is 0.277 e. The summed E-state index contributed by atoms with van der Waals surface area (Å²) in [4.78, 5) is 18.1. The molecule has 2 atom stereocenters. The summed E-state index contributed by atoms with van der Waals surface area (Å²) in [6, 6.07) is 13.5. The van der Waals surface area contributed by atoms with Crippen molar-refractivity contribution in [3.05, 3.63) is 74.7 Å². The number of ether oxygens (including phenoxy) is 2. The van der Waals surface area contributed by atoms with Crippen LogP contribution in [0.2, 0.25) is 5.02 Å². The van der Waals surface area contributed by atoms with E-state index < -0.39 is 0 Å². The van der Waals surface area contributed by atoms with E-state index in [1.807, 2.05) is 32.0 Å². The van der Waals surface area contributed by atoms with Gasteiger partial charge in [0, 0.05) is 25.6 Å². The molecule has 1 N–H and O–H groups in total. The fourth-order valence-electron chi connectivity index (χ4n) is 4.17.